The molecule has 146 valence electrons. The fraction of sp³-hybridized carbons (Fsp3) is 0.318. The smallest absolute Gasteiger partial charge is 0.257 e. The molecule has 4 rings (SSSR count). The lowest BCUT2D eigenvalue weighted by Gasteiger charge is -2.22. The molecule has 0 saturated carbocycles. The lowest BCUT2D eigenvalue weighted by atomic mass is 10.1. The van der Waals surface area contributed by atoms with E-state index >= 15 is 0 Å². The lowest BCUT2D eigenvalue weighted by molar-refractivity contribution is 0.0744. The second kappa shape index (κ2) is 7.86. The zero-order chi connectivity index (χ0) is 19.7. The molecule has 0 aliphatic carbocycles. The number of halogens is 1. The molecule has 0 N–H and O–H groups in total. The summed E-state index contributed by atoms with van der Waals surface area (Å²) < 4.78 is 12.9. The second-order valence-electron chi connectivity index (χ2n) is 6.97. The molecule has 2 heterocycles. The normalized spacial score (nSPS) is 13.6. The van der Waals surface area contributed by atoms with Crippen molar-refractivity contribution in [2.75, 3.05) is 27.4 Å². The van der Waals surface area contributed by atoms with Crippen LogP contribution in [0.4, 0.5) is 0 Å². The predicted octanol–water partition coefficient (Wildman–Crippen LogP) is 4.15. The van der Waals surface area contributed by atoms with Gasteiger partial charge in [-0.15, -0.1) is 0 Å². The van der Waals surface area contributed by atoms with Crippen molar-refractivity contribution >= 4 is 28.4 Å². The maximum atomic E-state index is 13.3. The first kappa shape index (κ1) is 18.8. The van der Waals surface area contributed by atoms with Crippen molar-refractivity contribution in [3.05, 3.63) is 64.3 Å². The number of hydrogen-bond donors (Lipinski definition) is 0. The number of rotatable bonds is 5. The molecule has 1 aliphatic rings. The molecule has 3 aromatic rings. The molecule has 0 atom stereocenters. The van der Waals surface area contributed by atoms with Gasteiger partial charge in [-0.1, -0.05) is 23.7 Å². The Morgan fingerprint density at radius 3 is 2.82 bits per heavy atom. The largest absolute Gasteiger partial charge is 0.496 e. The minimum absolute atomic E-state index is 0.0613. The van der Waals surface area contributed by atoms with Crippen molar-refractivity contribution in [3.8, 4) is 5.75 Å². The lowest BCUT2D eigenvalue weighted by Crippen LogP contribution is -2.31. The molecule has 1 amide bonds. The monoisotopic (exact) mass is 398 g/mol. The fourth-order valence-electron chi connectivity index (χ4n) is 3.95. The number of amides is 1. The summed E-state index contributed by atoms with van der Waals surface area (Å²) >= 11 is 6.13. The molecule has 1 aromatic heterocycles. The van der Waals surface area contributed by atoms with Crippen LogP contribution >= 0.6 is 11.6 Å². The molecule has 0 spiro atoms. The minimum Gasteiger partial charge on any atom is -0.496 e. The first-order valence-corrected chi connectivity index (χ1v) is 9.71. The summed E-state index contributed by atoms with van der Waals surface area (Å²) in [6.45, 7) is 2.70. The van der Waals surface area contributed by atoms with Crippen LogP contribution in [0.15, 0.2) is 42.6 Å². The van der Waals surface area contributed by atoms with Crippen LogP contribution in [0.2, 0.25) is 5.02 Å². The van der Waals surface area contributed by atoms with Crippen LogP contribution in [0.5, 0.6) is 5.75 Å². The maximum Gasteiger partial charge on any atom is 0.257 e. The average molecular weight is 399 g/mol. The summed E-state index contributed by atoms with van der Waals surface area (Å²) in [6.07, 6.45) is 3.00. The summed E-state index contributed by atoms with van der Waals surface area (Å²) in [7, 11) is 3.28. The number of hydrogen-bond acceptors (Lipinski definition) is 3. The highest BCUT2D eigenvalue weighted by molar-refractivity contribution is 6.31. The predicted molar refractivity (Wildman–Crippen MR) is 110 cm³/mol. The second-order valence-corrected chi connectivity index (χ2v) is 7.41. The van der Waals surface area contributed by atoms with Gasteiger partial charge in [-0.2, -0.15) is 0 Å². The SMILES string of the molecule is COCCn1cc2c3c(cccc31)CN(C(=O)c1cc(Cl)ccc1OC)CC2. The summed E-state index contributed by atoms with van der Waals surface area (Å²) in [5.74, 6) is 0.481. The van der Waals surface area contributed by atoms with Gasteiger partial charge in [-0.05, 0) is 41.8 Å². The van der Waals surface area contributed by atoms with E-state index in [-0.39, 0.29) is 5.91 Å². The number of nitrogens with zero attached hydrogens (tertiary/aromatic N) is 2. The Morgan fingerprint density at radius 1 is 1.18 bits per heavy atom. The van der Waals surface area contributed by atoms with Gasteiger partial charge in [-0.3, -0.25) is 4.79 Å². The molecule has 5 nitrogen and oxygen atoms in total. The van der Waals surface area contributed by atoms with E-state index in [1.807, 2.05) is 4.90 Å². The van der Waals surface area contributed by atoms with E-state index in [2.05, 4.69) is 29.0 Å². The molecule has 28 heavy (non-hydrogen) atoms. The van der Waals surface area contributed by atoms with Crippen LogP contribution in [-0.4, -0.2) is 42.7 Å². The van der Waals surface area contributed by atoms with Crippen LogP contribution in [-0.2, 0) is 24.2 Å². The first-order chi connectivity index (χ1) is 13.6. The standard InChI is InChI=1S/C22H23ClN2O3/c1-27-11-10-24-13-16-8-9-25(14-15-4-3-5-19(24)21(15)16)22(26)18-12-17(23)6-7-20(18)28-2/h3-7,12-13H,8-11,14H2,1-2H3. The number of aromatic nitrogens is 1. The van der Waals surface area contributed by atoms with Gasteiger partial charge in [0.1, 0.15) is 5.75 Å². The number of benzene rings is 2. The van der Waals surface area contributed by atoms with Crippen molar-refractivity contribution in [1.82, 2.24) is 9.47 Å². The van der Waals surface area contributed by atoms with E-state index in [4.69, 9.17) is 21.1 Å². The van der Waals surface area contributed by atoms with Crippen molar-refractivity contribution in [1.29, 1.82) is 0 Å². The topological polar surface area (TPSA) is 43.7 Å². The Kier molecular flexibility index (Phi) is 5.29. The van der Waals surface area contributed by atoms with Crippen LogP contribution < -0.4 is 4.74 Å². The minimum atomic E-state index is -0.0613. The Morgan fingerprint density at radius 2 is 2.04 bits per heavy atom. The molecule has 1 aliphatic heterocycles. The third kappa shape index (κ3) is 3.36. The van der Waals surface area contributed by atoms with E-state index < -0.39 is 0 Å². The quantitative estimate of drug-likeness (QED) is 0.648. The molecular formula is C22H23ClN2O3. The molecule has 0 unspecified atom stereocenters. The van der Waals surface area contributed by atoms with Crippen molar-refractivity contribution in [2.45, 2.75) is 19.5 Å². The number of ether oxygens (including phenoxy) is 2. The Balaban J connectivity index is 1.69. The van der Waals surface area contributed by atoms with Crippen molar-refractivity contribution in [2.24, 2.45) is 0 Å². The highest BCUT2D eigenvalue weighted by Gasteiger charge is 2.25. The van der Waals surface area contributed by atoms with E-state index in [1.54, 1.807) is 32.4 Å². The van der Waals surface area contributed by atoms with Crippen LogP contribution in [0, 0.1) is 0 Å². The molecule has 6 heteroatoms. The third-order valence-electron chi connectivity index (χ3n) is 5.30. The molecular weight excluding hydrogens is 376 g/mol. The van der Waals surface area contributed by atoms with Gasteiger partial charge in [-0.25, -0.2) is 0 Å². The van der Waals surface area contributed by atoms with Crippen LogP contribution in [0.1, 0.15) is 21.5 Å². The third-order valence-corrected chi connectivity index (χ3v) is 5.53. The van der Waals surface area contributed by atoms with Gasteiger partial charge in [0, 0.05) is 48.9 Å². The molecule has 0 radical (unpaired) electrons. The van der Waals surface area contributed by atoms with Gasteiger partial charge in [0.15, 0.2) is 0 Å². The molecule has 0 fully saturated rings. The highest BCUT2D eigenvalue weighted by Crippen LogP contribution is 2.31. The summed E-state index contributed by atoms with van der Waals surface area (Å²) in [5, 5.41) is 1.78. The summed E-state index contributed by atoms with van der Waals surface area (Å²) in [4.78, 5) is 15.1. The van der Waals surface area contributed by atoms with Crippen LogP contribution in [0.25, 0.3) is 10.9 Å². The van der Waals surface area contributed by atoms with E-state index in [9.17, 15) is 4.79 Å². The Labute approximate surface area is 169 Å². The van der Waals surface area contributed by atoms with Gasteiger partial charge in [0.2, 0.25) is 0 Å². The van der Waals surface area contributed by atoms with E-state index in [0.717, 1.165) is 18.5 Å². The first-order valence-electron chi connectivity index (χ1n) is 9.33. The van der Waals surface area contributed by atoms with Gasteiger partial charge >= 0.3 is 0 Å². The van der Waals surface area contributed by atoms with E-state index in [1.165, 1.54) is 16.5 Å². The molecule has 2 aromatic carbocycles. The van der Waals surface area contributed by atoms with Gasteiger partial charge in [0.05, 0.1) is 19.3 Å². The fourth-order valence-corrected chi connectivity index (χ4v) is 4.12. The molecule has 0 bridgehead atoms. The van der Waals surface area contributed by atoms with Crippen molar-refractivity contribution < 1.29 is 14.3 Å². The maximum absolute atomic E-state index is 13.3. The Bertz CT molecular complexity index is 1030. The van der Waals surface area contributed by atoms with E-state index in [0.29, 0.717) is 36.0 Å². The zero-order valence-corrected chi connectivity index (χ0v) is 16.8. The van der Waals surface area contributed by atoms with Crippen molar-refractivity contribution in [3.63, 3.8) is 0 Å². The number of carbonyl (C=O) groups excluding carboxylic acids is 1. The van der Waals surface area contributed by atoms with Crippen LogP contribution in [0.3, 0.4) is 0 Å². The van der Waals surface area contributed by atoms with Gasteiger partial charge < -0.3 is 18.9 Å². The van der Waals surface area contributed by atoms with Gasteiger partial charge in [0.25, 0.3) is 5.91 Å². The zero-order valence-electron chi connectivity index (χ0n) is 16.1. The Hall–Kier alpha value is -2.50. The number of methoxy groups -OCH3 is 2. The number of carbonyl (C=O) groups is 1. The average Bonchev–Trinajstić information content (AvgIpc) is 2.96. The highest BCUT2D eigenvalue weighted by atomic mass is 35.5. The molecule has 0 saturated heterocycles. The summed E-state index contributed by atoms with van der Waals surface area (Å²) in [5.41, 5.74) is 4.13. The summed E-state index contributed by atoms with van der Waals surface area (Å²) in [6, 6.07) is 11.4.